The van der Waals surface area contributed by atoms with Gasteiger partial charge in [0, 0.05) is 0 Å². The number of benzene rings is 1. The number of nitrogens with two attached hydrogens (primary N) is 2. The third-order valence-corrected chi connectivity index (χ3v) is 1.21. The topological polar surface area (TPSA) is 145 Å². The standard InChI is InChI=1S/C7H6O4.2H2N.Pt/c8-4-1-2-6(9)5(3-4)7(10)11;;;/h1-3,8-9H,(H,10,11);2*1H2;/q;2*-1;+2. The largest absolute Gasteiger partial charge is 2.00 e. The first-order chi connectivity index (χ1) is 5.11. The summed E-state index contributed by atoms with van der Waals surface area (Å²) in [5, 5.41) is 26.1. The zero-order chi connectivity index (χ0) is 8.43. The van der Waals surface area contributed by atoms with Crippen LogP contribution in [-0.4, -0.2) is 21.3 Å². The van der Waals surface area contributed by atoms with Gasteiger partial charge in [0.05, 0.1) is 0 Å². The van der Waals surface area contributed by atoms with Crippen LogP contribution in [0, 0.1) is 0 Å². The normalized spacial score (nSPS) is 7.43. The molecular formula is C7H10N2O4Pt. The smallest absolute Gasteiger partial charge is 0.693 e. The van der Waals surface area contributed by atoms with E-state index in [1.165, 1.54) is 6.07 Å². The first-order valence-corrected chi connectivity index (χ1v) is 2.86. The van der Waals surface area contributed by atoms with E-state index in [1.54, 1.807) is 0 Å². The van der Waals surface area contributed by atoms with Crippen LogP contribution < -0.4 is 0 Å². The van der Waals surface area contributed by atoms with Crippen LogP contribution >= 0.6 is 0 Å². The second kappa shape index (κ2) is 7.32. The van der Waals surface area contributed by atoms with Gasteiger partial charge in [-0.2, -0.15) is 0 Å². The van der Waals surface area contributed by atoms with Crippen molar-refractivity contribution in [2.45, 2.75) is 0 Å². The van der Waals surface area contributed by atoms with Crippen molar-refractivity contribution in [2.24, 2.45) is 0 Å². The van der Waals surface area contributed by atoms with Gasteiger partial charge in [0.25, 0.3) is 0 Å². The van der Waals surface area contributed by atoms with Crippen molar-refractivity contribution < 1.29 is 41.2 Å². The molecule has 0 bridgehead atoms. The molecule has 0 aliphatic carbocycles. The number of carbonyl (C=O) groups is 1. The second-order valence-electron chi connectivity index (χ2n) is 2.01. The quantitative estimate of drug-likeness (QED) is 0.641. The van der Waals surface area contributed by atoms with Crippen LogP contribution in [0.15, 0.2) is 18.2 Å². The molecule has 0 radical (unpaired) electrons. The minimum absolute atomic E-state index is 0. The van der Waals surface area contributed by atoms with Crippen molar-refractivity contribution in [1.82, 2.24) is 0 Å². The van der Waals surface area contributed by atoms with Gasteiger partial charge >= 0.3 is 27.0 Å². The molecule has 0 aromatic heterocycles. The maximum Gasteiger partial charge on any atom is 2.00 e. The number of rotatable bonds is 1. The Balaban J connectivity index is -0.000000403. The van der Waals surface area contributed by atoms with Gasteiger partial charge in [0.15, 0.2) is 0 Å². The molecule has 0 heterocycles. The molecule has 7 N–H and O–H groups in total. The fourth-order valence-corrected chi connectivity index (χ4v) is 0.695. The van der Waals surface area contributed by atoms with E-state index in [-0.39, 0.29) is 50.4 Å². The number of hydrogen-bond donors (Lipinski definition) is 3. The molecule has 0 saturated carbocycles. The van der Waals surface area contributed by atoms with Crippen molar-refractivity contribution in [2.75, 3.05) is 0 Å². The zero-order valence-electron chi connectivity index (χ0n) is 6.95. The van der Waals surface area contributed by atoms with Gasteiger partial charge in [0.2, 0.25) is 0 Å². The molecule has 1 aromatic carbocycles. The van der Waals surface area contributed by atoms with Crippen LogP contribution in [0.1, 0.15) is 10.4 Å². The number of carboxylic acids is 1. The Morgan fingerprint density at radius 1 is 1.14 bits per heavy atom. The minimum atomic E-state index is -1.27. The van der Waals surface area contributed by atoms with Crippen LogP contribution in [0.4, 0.5) is 0 Å². The summed E-state index contributed by atoms with van der Waals surface area (Å²) in [6.07, 6.45) is 0. The number of phenols is 2. The average Bonchev–Trinajstić information content (AvgIpc) is 1.94. The molecule has 6 nitrogen and oxygen atoms in total. The van der Waals surface area contributed by atoms with Crippen molar-refractivity contribution in [3.63, 3.8) is 0 Å². The molecular weight excluding hydrogens is 371 g/mol. The van der Waals surface area contributed by atoms with E-state index in [2.05, 4.69) is 0 Å². The van der Waals surface area contributed by atoms with Gasteiger partial charge in [0.1, 0.15) is 17.1 Å². The average molecular weight is 381 g/mol. The van der Waals surface area contributed by atoms with E-state index in [9.17, 15) is 4.79 Å². The van der Waals surface area contributed by atoms with Gasteiger partial charge in [-0.25, -0.2) is 4.79 Å². The summed E-state index contributed by atoms with van der Waals surface area (Å²) >= 11 is 0. The molecule has 1 aromatic rings. The first kappa shape index (κ1) is 18.6. The Hall–Kier alpha value is -1.10. The van der Waals surface area contributed by atoms with Gasteiger partial charge in [-0.05, 0) is 18.2 Å². The van der Waals surface area contributed by atoms with E-state index >= 15 is 0 Å². The summed E-state index contributed by atoms with van der Waals surface area (Å²) in [7, 11) is 0. The third kappa shape index (κ3) is 4.22. The molecule has 14 heavy (non-hydrogen) atoms. The van der Waals surface area contributed by atoms with Crippen LogP contribution in [0.25, 0.3) is 12.3 Å². The predicted octanol–water partition coefficient (Wildman–Crippen LogP) is 2.23. The van der Waals surface area contributed by atoms with E-state index in [0.717, 1.165) is 12.1 Å². The molecule has 0 unspecified atom stereocenters. The Morgan fingerprint density at radius 3 is 2.00 bits per heavy atom. The van der Waals surface area contributed by atoms with E-state index in [1.807, 2.05) is 0 Å². The number of carboxylic acid groups (broad SMARTS) is 1. The Kier molecular flexibility index (Phi) is 9.74. The summed E-state index contributed by atoms with van der Waals surface area (Å²) < 4.78 is 0. The van der Waals surface area contributed by atoms with Crippen LogP contribution in [-0.2, 0) is 21.1 Å². The fraction of sp³-hybridized carbons (Fsp3) is 0. The third-order valence-electron chi connectivity index (χ3n) is 1.21. The Labute approximate surface area is 95.0 Å². The molecule has 1 rings (SSSR count). The summed E-state index contributed by atoms with van der Waals surface area (Å²) in [6, 6.07) is 3.32. The van der Waals surface area contributed by atoms with Crippen molar-refractivity contribution in [3.8, 4) is 11.5 Å². The summed E-state index contributed by atoms with van der Waals surface area (Å²) in [4.78, 5) is 10.3. The molecule has 0 fully saturated rings. The SMILES string of the molecule is O=C(O)c1cc(O)ccc1O.[NH2-].[NH2-].[Pt+2]. The summed E-state index contributed by atoms with van der Waals surface area (Å²) in [6.45, 7) is 0. The molecule has 82 valence electrons. The number of aromatic hydroxyl groups is 2. The van der Waals surface area contributed by atoms with Crippen molar-refractivity contribution in [1.29, 1.82) is 0 Å². The zero-order valence-corrected chi connectivity index (χ0v) is 9.23. The predicted molar refractivity (Wildman–Crippen MR) is 47.3 cm³/mol. The summed E-state index contributed by atoms with van der Waals surface area (Å²) in [5.41, 5.74) is -0.301. The van der Waals surface area contributed by atoms with Crippen LogP contribution in [0.3, 0.4) is 0 Å². The van der Waals surface area contributed by atoms with Gasteiger partial charge < -0.3 is 27.6 Å². The molecule has 7 heteroatoms. The van der Waals surface area contributed by atoms with Crippen LogP contribution in [0.5, 0.6) is 11.5 Å². The van der Waals surface area contributed by atoms with Gasteiger partial charge in [-0.15, -0.1) is 0 Å². The van der Waals surface area contributed by atoms with E-state index in [4.69, 9.17) is 15.3 Å². The summed E-state index contributed by atoms with van der Waals surface area (Å²) in [5.74, 6) is -1.80. The molecule has 0 saturated heterocycles. The maximum absolute atomic E-state index is 10.3. The minimum Gasteiger partial charge on any atom is -0.693 e. The van der Waals surface area contributed by atoms with Gasteiger partial charge in [-0.1, -0.05) is 0 Å². The second-order valence-corrected chi connectivity index (χ2v) is 2.01. The fourth-order valence-electron chi connectivity index (χ4n) is 0.695. The monoisotopic (exact) mass is 381 g/mol. The number of hydrogen-bond acceptors (Lipinski definition) is 3. The molecule has 0 aliphatic heterocycles. The van der Waals surface area contributed by atoms with E-state index in [0.29, 0.717) is 0 Å². The van der Waals surface area contributed by atoms with Crippen molar-refractivity contribution in [3.05, 3.63) is 36.1 Å². The molecule has 0 aliphatic rings. The van der Waals surface area contributed by atoms with Crippen molar-refractivity contribution >= 4 is 5.97 Å². The number of phenolic OH excluding ortho intramolecular Hbond substituents is 1. The molecule has 0 amide bonds. The Bertz CT molecular complexity index is 306. The van der Waals surface area contributed by atoms with Gasteiger partial charge in [-0.3, -0.25) is 0 Å². The van der Waals surface area contributed by atoms with E-state index < -0.39 is 5.97 Å². The molecule has 0 atom stereocenters. The molecule has 0 spiro atoms. The Morgan fingerprint density at radius 2 is 1.64 bits per heavy atom. The van der Waals surface area contributed by atoms with Crippen LogP contribution in [0.2, 0.25) is 0 Å². The first-order valence-electron chi connectivity index (χ1n) is 2.86. The number of aromatic carboxylic acids is 1. The maximum atomic E-state index is 10.3.